The Morgan fingerprint density at radius 2 is 2.12 bits per heavy atom. The highest BCUT2D eigenvalue weighted by Crippen LogP contribution is 2.26. The molecule has 84 valence electrons. The molecule has 2 nitrogen and oxygen atoms in total. The molecule has 2 rings (SSSR count). The van der Waals surface area contributed by atoms with E-state index < -0.39 is 0 Å². The van der Waals surface area contributed by atoms with Crippen molar-refractivity contribution in [1.29, 1.82) is 0 Å². The maximum Gasteiger partial charge on any atom is 0.149 e. The van der Waals surface area contributed by atoms with Gasteiger partial charge in [0.1, 0.15) is 11.3 Å². The van der Waals surface area contributed by atoms with Gasteiger partial charge in [-0.25, -0.2) is 9.37 Å². The maximum absolute atomic E-state index is 13.6. The summed E-state index contributed by atoms with van der Waals surface area (Å²) in [4.78, 5) is 4.33. The van der Waals surface area contributed by atoms with Crippen LogP contribution in [0, 0.1) is 12.7 Å². The number of aryl methyl sites for hydroxylation is 2. The number of anilines is 1. The Morgan fingerprint density at radius 1 is 1.38 bits per heavy atom. The lowest BCUT2D eigenvalue weighted by Gasteiger charge is -2.08. The van der Waals surface area contributed by atoms with Gasteiger partial charge in [0.25, 0.3) is 0 Å². The SMILES string of the molecule is CCCc1cc(N)c2c(C)ccc(F)c2n1. The van der Waals surface area contributed by atoms with Crippen LogP contribution in [0.5, 0.6) is 0 Å². The summed E-state index contributed by atoms with van der Waals surface area (Å²) < 4.78 is 13.6. The zero-order valence-electron chi connectivity index (χ0n) is 9.55. The van der Waals surface area contributed by atoms with Crippen LogP contribution in [0.15, 0.2) is 18.2 Å². The average Bonchev–Trinajstić information content (AvgIpc) is 2.23. The Morgan fingerprint density at radius 3 is 2.81 bits per heavy atom. The van der Waals surface area contributed by atoms with E-state index in [9.17, 15) is 4.39 Å². The summed E-state index contributed by atoms with van der Waals surface area (Å²) in [7, 11) is 0. The van der Waals surface area contributed by atoms with Crippen LogP contribution in [0.3, 0.4) is 0 Å². The predicted molar refractivity (Wildman–Crippen MR) is 64.8 cm³/mol. The highest BCUT2D eigenvalue weighted by atomic mass is 19.1. The van der Waals surface area contributed by atoms with Gasteiger partial charge in [-0.3, -0.25) is 0 Å². The number of nitrogens with zero attached hydrogens (tertiary/aromatic N) is 1. The van der Waals surface area contributed by atoms with E-state index in [1.807, 2.05) is 13.0 Å². The van der Waals surface area contributed by atoms with Crippen molar-refractivity contribution in [2.45, 2.75) is 26.7 Å². The van der Waals surface area contributed by atoms with Crippen LogP contribution in [0.4, 0.5) is 10.1 Å². The van der Waals surface area contributed by atoms with E-state index in [4.69, 9.17) is 5.73 Å². The summed E-state index contributed by atoms with van der Waals surface area (Å²) in [5.41, 5.74) is 8.78. The number of fused-ring (bicyclic) bond motifs is 1. The topological polar surface area (TPSA) is 38.9 Å². The van der Waals surface area contributed by atoms with E-state index >= 15 is 0 Å². The molecular weight excluding hydrogens is 203 g/mol. The highest BCUT2D eigenvalue weighted by Gasteiger charge is 2.09. The zero-order valence-corrected chi connectivity index (χ0v) is 9.55. The van der Waals surface area contributed by atoms with Crippen LogP contribution in [-0.4, -0.2) is 4.98 Å². The molecule has 0 aliphatic carbocycles. The van der Waals surface area contributed by atoms with Gasteiger partial charge in [-0.05, 0) is 31.0 Å². The van der Waals surface area contributed by atoms with Crippen LogP contribution >= 0.6 is 0 Å². The highest BCUT2D eigenvalue weighted by molar-refractivity contribution is 5.93. The molecule has 0 aliphatic rings. The van der Waals surface area contributed by atoms with Gasteiger partial charge in [0.05, 0.1) is 0 Å². The largest absolute Gasteiger partial charge is 0.398 e. The third kappa shape index (κ3) is 1.73. The zero-order chi connectivity index (χ0) is 11.7. The fourth-order valence-corrected chi connectivity index (χ4v) is 1.95. The molecule has 1 heterocycles. The van der Waals surface area contributed by atoms with Crippen molar-refractivity contribution in [3.8, 4) is 0 Å². The smallest absolute Gasteiger partial charge is 0.149 e. The molecule has 0 unspecified atom stereocenters. The summed E-state index contributed by atoms with van der Waals surface area (Å²) >= 11 is 0. The fourth-order valence-electron chi connectivity index (χ4n) is 1.95. The van der Waals surface area contributed by atoms with Crippen LogP contribution in [-0.2, 0) is 6.42 Å². The normalized spacial score (nSPS) is 10.9. The number of hydrogen-bond donors (Lipinski definition) is 1. The van der Waals surface area contributed by atoms with Crippen molar-refractivity contribution in [3.63, 3.8) is 0 Å². The molecule has 1 aromatic carbocycles. The maximum atomic E-state index is 13.6. The third-order valence-corrected chi connectivity index (χ3v) is 2.71. The molecule has 0 saturated heterocycles. The number of halogens is 1. The summed E-state index contributed by atoms with van der Waals surface area (Å²) in [6, 6.07) is 5.02. The van der Waals surface area contributed by atoms with Crippen LogP contribution < -0.4 is 5.73 Å². The first-order valence-corrected chi connectivity index (χ1v) is 5.47. The minimum atomic E-state index is -0.301. The molecule has 16 heavy (non-hydrogen) atoms. The third-order valence-electron chi connectivity index (χ3n) is 2.71. The summed E-state index contributed by atoms with van der Waals surface area (Å²) in [6.07, 6.45) is 1.80. The molecule has 1 aromatic heterocycles. The molecule has 0 radical (unpaired) electrons. The number of nitrogen functional groups attached to an aromatic ring is 1. The summed E-state index contributed by atoms with van der Waals surface area (Å²) in [5.74, 6) is -0.301. The number of pyridine rings is 1. The molecule has 0 atom stereocenters. The lowest BCUT2D eigenvalue weighted by Crippen LogP contribution is -1.98. The standard InChI is InChI=1S/C13H15FN2/c1-3-4-9-7-11(15)12-8(2)5-6-10(14)13(12)16-9/h5-7H,3-4H2,1-2H3,(H2,15,16). The second-order valence-corrected chi connectivity index (χ2v) is 4.04. The van der Waals surface area contributed by atoms with Gasteiger partial charge in [0.2, 0.25) is 0 Å². The summed E-state index contributed by atoms with van der Waals surface area (Å²) in [6.45, 7) is 3.98. The average molecular weight is 218 g/mol. The number of hydrogen-bond acceptors (Lipinski definition) is 2. The Labute approximate surface area is 94.3 Å². The van der Waals surface area contributed by atoms with Crippen molar-refractivity contribution in [3.05, 3.63) is 35.3 Å². The Hall–Kier alpha value is -1.64. The lowest BCUT2D eigenvalue weighted by atomic mass is 10.1. The second-order valence-electron chi connectivity index (χ2n) is 4.04. The van der Waals surface area contributed by atoms with E-state index in [2.05, 4.69) is 11.9 Å². The number of rotatable bonds is 2. The van der Waals surface area contributed by atoms with E-state index in [-0.39, 0.29) is 5.82 Å². The fraction of sp³-hybridized carbons (Fsp3) is 0.308. The van der Waals surface area contributed by atoms with Crippen molar-refractivity contribution < 1.29 is 4.39 Å². The van der Waals surface area contributed by atoms with E-state index in [0.29, 0.717) is 11.2 Å². The van der Waals surface area contributed by atoms with Gasteiger partial charge >= 0.3 is 0 Å². The molecular formula is C13H15FN2. The summed E-state index contributed by atoms with van der Waals surface area (Å²) in [5, 5.41) is 0.736. The van der Waals surface area contributed by atoms with Gasteiger partial charge < -0.3 is 5.73 Å². The Kier molecular flexibility index (Phi) is 2.77. The molecule has 0 spiro atoms. The molecule has 2 N–H and O–H groups in total. The molecule has 0 aliphatic heterocycles. The van der Waals surface area contributed by atoms with Gasteiger partial charge in [-0.15, -0.1) is 0 Å². The van der Waals surface area contributed by atoms with Gasteiger partial charge in [-0.1, -0.05) is 19.4 Å². The molecule has 0 fully saturated rings. The minimum Gasteiger partial charge on any atom is -0.398 e. The minimum absolute atomic E-state index is 0.301. The Balaban J connectivity index is 2.76. The first-order valence-electron chi connectivity index (χ1n) is 5.47. The molecule has 0 amide bonds. The predicted octanol–water partition coefficient (Wildman–Crippen LogP) is 3.22. The van der Waals surface area contributed by atoms with E-state index in [0.717, 1.165) is 29.5 Å². The molecule has 2 aromatic rings. The number of aromatic nitrogens is 1. The van der Waals surface area contributed by atoms with Crippen LogP contribution in [0.2, 0.25) is 0 Å². The van der Waals surface area contributed by atoms with Crippen molar-refractivity contribution in [1.82, 2.24) is 4.98 Å². The quantitative estimate of drug-likeness (QED) is 0.840. The van der Waals surface area contributed by atoms with Crippen molar-refractivity contribution in [2.24, 2.45) is 0 Å². The van der Waals surface area contributed by atoms with Crippen molar-refractivity contribution in [2.75, 3.05) is 5.73 Å². The van der Waals surface area contributed by atoms with Crippen LogP contribution in [0.1, 0.15) is 24.6 Å². The monoisotopic (exact) mass is 218 g/mol. The number of benzene rings is 1. The molecule has 0 saturated carbocycles. The van der Waals surface area contributed by atoms with E-state index in [1.54, 1.807) is 6.07 Å². The lowest BCUT2D eigenvalue weighted by molar-refractivity contribution is 0.636. The van der Waals surface area contributed by atoms with Gasteiger partial charge in [-0.2, -0.15) is 0 Å². The second kappa shape index (κ2) is 4.08. The van der Waals surface area contributed by atoms with Crippen molar-refractivity contribution >= 4 is 16.6 Å². The Bertz CT molecular complexity index is 535. The van der Waals surface area contributed by atoms with E-state index in [1.165, 1.54) is 6.07 Å². The molecule has 0 bridgehead atoms. The first kappa shape index (κ1) is 10.9. The first-order chi connectivity index (χ1) is 7.63. The molecule has 3 heteroatoms. The number of nitrogens with two attached hydrogens (primary N) is 1. The van der Waals surface area contributed by atoms with Gasteiger partial charge in [0.15, 0.2) is 0 Å². The van der Waals surface area contributed by atoms with Crippen LogP contribution in [0.25, 0.3) is 10.9 Å². The van der Waals surface area contributed by atoms with Gasteiger partial charge in [0, 0.05) is 16.8 Å².